The molecule has 3 rings (SSSR count). The van der Waals surface area contributed by atoms with E-state index in [4.69, 9.17) is 0 Å². The maximum absolute atomic E-state index is 4.43. The van der Waals surface area contributed by atoms with Crippen molar-refractivity contribution >= 4 is 31.7 Å². The maximum atomic E-state index is 4.43. The van der Waals surface area contributed by atoms with Crippen LogP contribution in [0, 0.1) is 0 Å². The van der Waals surface area contributed by atoms with Crippen LogP contribution in [0.25, 0.3) is 11.0 Å². The van der Waals surface area contributed by atoms with Crippen LogP contribution >= 0.6 is 0 Å². The van der Waals surface area contributed by atoms with Crippen LogP contribution in [0.15, 0.2) is 42.7 Å². The summed E-state index contributed by atoms with van der Waals surface area (Å²) in [6, 6.07) is 10.0. The number of pyridine rings is 1. The minimum absolute atomic E-state index is 0.0222. The van der Waals surface area contributed by atoms with E-state index in [1.807, 2.05) is 30.5 Å². The molecule has 1 aromatic carbocycles. The molecular formula is C12H10N4Se. The summed E-state index contributed by atoms with van der Waals surface area (Å²) in [5.41, 5.74) is 4.21. The molecule has 0 saturated heterocycles. The Kier molecular flexibility index (Phi) is 2.86. The van der Waals surface area contributed by atoms with Crippen molar-refractivity contribution in [3.05, 3.63) is 48.3 Å². The number of nitrogens with one attached hydrogen (secondary N) is 1. The van der Waals surface area contributed by atoms with E-state index in [2.05, 4.69) is 24.3 Å². The van der Waals surface area contributed by atoms with E-state index in [1.165, 1.54) is 0 Å². The predicted molar refractivity (Wildman–Crippen MR) is 68.0 cm³/mol. The van der Waals surface area contributed by atoms with Crippen molar-refractivity contribution in [2.45, 2.75) is 6.54 Å². The number of rotatable bonds is 3. The van der Waals surface area contributed by atoms with Gasteiger partial charge in [-0.15, -0.1) is 0 Å². The number of anilines is 1. The number of fused-ring (bicyclic) bond motifs is 1. The molecule has 3 aromatic rings. The fraction of sp³-hybridized carbons (Fsp3) is 0.0833. The van der Waals surface area contributed by atoms with Crippen molar-refractivity contribution in [1.29, 1.82) is 0 Å². The fourth-order valence-electron chi connectivity index (χ4n) is 1.65. The normalized spacial score (nSPS) is 10.6. The summed E-state index contributed by atoms with van der Waals surface area (Å²) >= 11 is 0.0222. The van der Waals surface area contributed by atoms with Gasteiger partial charge in [-0.25, -0.2) is 0 Å². The summed E-state index contributed by atoms with van der Waals surface area (Å²) in [6.45, 7) is 0.757. The molecule has 1 N–H and O–H groups in total. The number of aromatic nitrogens is 3. The van der Waals surface area contributed by atoms with Gasteiger partial charge in [0, 0.05) is 0 Å². The molecular weight excluding hydrogens is 279 g/mol. The van der Waals surface area contributed by atoms with Gasteiger partial charge in [0.1, 0.15) is 0 Å². The quantitative estimate of drug-likeness (QED) is 0.746. The molecule has 0 radical (unpaired) electrons. The molecule has 84 valence electrons. The van der Waals surface area contributed by atoms with Crippen molar-refractivity contribution in [1.82, 2.24) is 12.9 Å². The molecule has 0 spiro atoms. The standard InChI is InChI=1S/C12H10N4Se/c1-4-10(12-11(5-1)15-17-16-12)14-8-9-3-2-6-13-7-9/h1-7,14H,8H2. The van der Waals surface area contributed by atoms with Crippen LogP contribution in [0.4, 0.5) is 5.69 Å². The summed E-state index contributed by atoms with van der Waals surface area (Å²) < 4.78 is 8.79. The Morgan fingerprint density at radius 2 is 2.12 bits per heavy atom. The third-order valence-electron chi connectivity index (χ3n) is 2.49. The van der Waals surface area contributed by atoms with Crippen LogP contribution in [0.5, 0.6) is 0 Å². The Morgan fingerprint density at radius 3 is 3.00 bits per heavy atom. The van der Waals surface area contributed by atoms with Gasteiger partial charge in [-0.1, -0.05) is 0 Å². The van der Waals surface area contributed by atoms with Crippen LogP contribution in [-0.4, -0.2) is 27.9 Å². The molecule has 0 aliphatic rings. The Bertz CT molecular complexity index is 620. The van der Waals surface area contributed by atoms with Crippen molar-refractivity contribution in [3.63, 3.8) is 0 Å². The molecule has 0 aliphatic heterocycles. The second-order valence-corrected chi connectivity index (χ2v) is 4.76. The summed E-state index contributed by atoms with van der Waals surface area (Å²) in [5.74, 6) is 0. The van der Waals surface area contributed by atoms with E-state index in [0.717, 1.165) is 28.8 Å². The summed E-state index contributed by atoms with van der Waals surface area (Å²) in [6.07, 6.45) is 3.64. The summed E-state index contributed by atoms with van der Waals surface area (Å²) in [5, 5.41) is 3.38. The molecule has 4 nitrogen and oxygen atoms in total. The molecule has 0 bridgehead atoms. The van der Waals surface area contributed by atoms with Gasteiger partial charge in [0.05, 0.1) is 0 Å². The number of benzene rings is 1. The van der Waals surface area contributed by atoms with Crippen LogP contribution < -0.4 is 5.32 Å². The minimum atomic E-state index is 0.0222. The first-order valence-corrected chi connectivity index (χ1v) is 6.81. The zero-order valence-electron chi connectivity index (χ0n) is 9.00. The van der Waals surface area contributed by atoms with E-state index >= 15 is 0 Å². The molecule has 0 aliphatic carbocycles. The zero-order chi connectivity index (χ0) is 11.5. The molecule has 2 aromatic heterocycles. The van der Waals surface area contributed by atoms with Crippen molar-refractivity contribution in [3.8, 4) is 0 Å². The first-order chi connectivity index (χ1) is 8.43. The Morgan fingerprint density at radius 1 is 1.12 bits per heavy atom. The van der Waals surface area contributed by atoms with Gasteiger partial charge in [0.15, 0.2) is 0 Å². The van der Waals surface area contributed by atoms with Crippen LogP contribution in [0.1, 0.15) is 5.56 Å². The number of hydrogen-bond donors (Lipinski definition) is 1. The van der Waals surface area contributed by atoms with Gasteiger partial charge in [-0.2, -0.15) is 0 Å². The fourth-order valence-corrected chi connectivity index (χ4v) is 2.80. The first kappa shape index (κ1) is 10.4. The first-order valence-electron chi connectivity index (χ1n) is 5.27. The Hall–Kier alpha value is -1.71. The zero-order valence-corrected chi connectivity index (χ0v) is 10.7. The third-order valence-corrected chi connectivity index (χ3v) is 3.63. The molecule has 0 fully saturated rings. The number of nitrogens with zero attached hydrogens (tertiary/aromatic N) is 3. The average Bonchev–Trinajstić information content (AvgIpc) is 2.86. The number of hydrogen-bond acceptors (Lipinski definition) is 4. The van der Waals surface area contributed by atoms with Gasteiger partial charge in [-0.05, 0) is 0 Å². The Balaban J connectivity index is 1.84. The van der Waals surface area contributed by atoms with Crippen LogP contribution in [-0.2, 0) is 6.54 Å². The SMILES string of the molecule is c1cncc(CNc2cccc3n[se]nc23)c1. The predicted octanol–water partition coefficient (Wildman–Crippen LogP) is 1.69. The van der Waals surface area contributed by atoms with Crippen molar-refractivity contribution < 1.29 is 0 Å². The molecule has 2 heterocycles. The molecule has 0 saturated carbocycles. The molecule has 0 atom stereocenters. The van der Waals surface area contributed by atoms with Gasteiger partial charge < -0.3 is 0 Å². The van der Waals surface area contributed by atoms with E-state index < -0.39 is 0 Å². The molecule has 5 heteroatoms. The molecule has 0 amide bonds. The molecule has 0 unspecified atom stereocenters. The second kappa shape index (κ2) is 4.65. The van der Waals surface area contributed by atoms with Gasteiger partial charge in [-0.3, -0.25) is 0 Å². The van der Waals surface area contributed by atoms with Gasteiger partial charge in [0.2, 0.25) is 0 Å². The van der Waals surface area contributed by atoms with Crippen LogP contribution in [0.2, 0.25) is 0 Å². The summed E-state index contributed by atoms with van der Waals surface area (Å²) in [7, 11) is 0. The van der Waals surface area contributed by atoms with E-state index in [9.17, 15) is 0 Å². The van der Waals surface area contributed by atoms with E-state index in [0.29, 0.717) is 0 Å². The van der Waals surface area contributed by atoms with Crippen molar-refractivity contribution in [2.75, 3.05) is 5.32 Å². The van der Waals surface area contributed by atoms with Crippen LogP contribution in [0.3, 0.4) is 0 Å². The topological polar surface area (TPSA) is 50.7 Å². The second-order valence-electron chi connectivity index (χ2n) is 3.65. The third kappa shape index (κ3) is 2.20. The van der Waals surface area contributed by atoms with Gasteiger partial charge >= 0.3 is 105 Å². The molecule has 17 heavy (non-hydrogen) atoms. The average molecular weight is 289 g/mol. The summed E-state index contributed by atoms with van der Waals surface area (Å²) in [4.78, 5) is 4.09. The van der Waals surface area contributed by atoms with E-state index in [1.54, 1.807) is 6.20 Å². The van der Waals surface area contributed by atoms with E-state index in [-0.39, 0.29) is 15.0 Å². The monoisotopic (exact) mass is 290 g/mol. The Labute approximate surface area is 105 Å². The van der Waals surface area contributed by atoms with Crippen molar-refractivity contribution in [2.24, 2.45) is 0 Å². The van der Waals surface area contributed by atoms with Gasteiger partial charge in [0.25, 0.3) is 0 Å².